The van der Waals surface area contributed by atoms with Crippen LogP contribution in [0.3, 0.4) is 0 Å². The topological polar surface area (TPSA) is 0 Å². The number of halogens is 7. The van der Waals surface area contributed by atoms with Gasteiger partial charge in [0, 0.05) is 0 Å². The fraction of sp³-hybridized carbons (Fsp3) is 0.143. The van der Waals surface area contributed by atoms with Gasteiger partial charge in [0.15, 0.2) is 5.82 Å². The third-order valence-electron chi connectivity index (χ3n) is 1.31. The van der Waals surface area contributed by atoms with Gasteiger partial charge < -0.3 is 4.70 Å². The van der Waals surface area contributed by atoms with Gasteiger partial charge in [-0.25, -0.2) is 4.39 Å². The van der Waals surface area contributed by atoms with Crippen molar-refractivity contribution in [2.24, 2.45) is 0 Å². The fourth-order valence-electron chi connectivity index (χ4n) is 0.719. The van der Waals surface area contributed by atoms with Gasteiger partial charge in [0.2, 0.25) is 0 Å². The van der Waals surface area contributed by atoms with E-state index in [0.29, 0.717) is 12.1 Å². The molecule has 1 aromatic carbocycles. The average Bonchev–Trinajstić information content (AvgIpc) is 1.97. The van der Waals surface area contributed by atoms with Crippen LogP contribution in [0.1, 0.15) is 5.56 Å². The second kappa shape index (κ2) is 6.73. The zero-order valence-corrected chi connectivity index (χ0v) is 11.9. The number of hydrogen-bond donors (Lipinski definition) is 0. The summed E-state index contributed by atoms with van der Waals surface area (Å²) in [5.74, 6) is -1.05. The maximum Gasteiger partial charge on any atom is 1.00 e. The number of rotatable bonds is 0. The van der Waals surface area contributed by atoms with E-state index in [1.165, 1.54) is 0 Å². The molecule has 0 atom stereocenters. The normalized spacial score (nSPS) is 10.3. The van der Waals surface area contributed by atoms with Crippen LogP contribution in [0.15, 0.2) is 12.1 Å². The number of benzene rings is 1. The molecule has 0 aromatic heterocycles. The van der Waals surface area contributed by atoms with Crippen molar-refractivity contribution in [3.8, 4) is 0 Å². The van der Waals surface area contributed by atoms with E-state index in [1.54, 1.807) is 0 Å². The molecule has 1 rings (SSSR count). The van der Waals surface area contributed by atoms with Crippen LogP contribution in [0.4, 0.5) is 17.6 Å². The molecule has 0 saturated carbocycles. The quantitative estimate of drug-likeness (QED) is 0.299. The molecule has 0 unspecified atom stereocenters. The zero-order valence-electron chi connectivity index (χ0n) is 7.30. The smallest absolute Gasteiger partial charge is 1.00 e. The Morgan fingerprint density at radius 3 is 1.60 bits per heavy atom. The summed E-state index contributed by atoms with van der Waals surface area (Å²) in [5, 5.41) is -1.28. The number of alkyl halides is 3. The van der Waals surface area contributed by atoms with Crippen molar-refractivity contribution < 1.29 is 73.7 Å². The van der Waals surface area contributed by atoms with E-state index in [-0.39, 0.29) is 56.1 Å². The summed E-state index contributed by atoms with van der Waals surface area (Å²) in [4.78, 5) is 0. The van der Waals surface area contributed by atoms with Crippen LogP contribution in [-0.4, -0.2) is 0 Å². The van der Waals surface area contributed by atoms with Crippen molar-refractivity contribution in [3.63, 3.8) is 0 Å². The standard InChI is InChI=1S/C7H2Cl2F4.FH.K/c8-4-1-3(7(11,12)13)2-5(9)6(4)10;;/h1-2H;1H;/q;;+1/p-1. The average molecular weight is 291 g/mol. The van der Waals surface area contributed by atoms with Crippen molar-refractivity contribution >= 4 is 23.2 Å². The van der Waals surface area contributed by atoms with E-state index < -0.39 is 27.6 Å². The summed E-state index contributed by atoms with van der Waals surface area (Å²) >= 11 is 10.3. The zero-order chi connectivity index (χ0) is 10.2. The molecular weight excluding hydrogens is 289 g/mol. The summed E-state index contributed by atoms with van der Waals surface area (Å²) in [7, 11) is 0. The Bertz CT molecular complexity index is 316. The molecule has 0 radical (unpaired) electrons. The Balaban J connectivity index is 0. The van der Waals surface area contributed by atoms with Gasteiger partial charge in [-0.1, -0.05) is 23.2 Å². The van der Waals surface area contributed by atoms with Crippen LogP contribution in [0, 0.1) is 5.82 Å². The van der Waals surface area contributed by atoms with E-state index in [2.05, 4.69) is 0 Å². The fourth-order valence-corrected chi connectivity index (χ4v) is 1.21. The van der Waals surface area contributed by atoms with Crippen molar-refractivity contribution in [2.75, 3.05) is 0 Å². The van der Waals surface area contributed by atoms with Gasteiger partial charge in [-0.15, -0.1) is 0 Å². The minimum Gasteiger partial charge on any atom is -1.00 e. The molecule has 8 heteroatoms. The van der Waals surface area contributed by atoms with Gasteiger partial charge in [0.05, 0.1) is 15.6 Å². The van der Waals surface area contributed by atoms with Gasteiger partial charge in [-0.2, -0.15) is 13.2 Å². The molecule has 0 aliphatic heterocycles. The minimum atomic E-state index is -4.57. The second-order valence-corrected chi connectivity index (χ2v) is 3.07. The molecular formula is C7H2Cl2F5K. The molecule has 0 fully saturated rings. The maximum atomic E-state index is 12.7. The first-order valence-corrected chi connectivity index (χ1v) is 3.79. The largest absolute Gasteiger partial charge is 1.00 e. The van der Waals surface area contributed by atoms with Crippen LogP contribution < -0.4 is 56.1 Å². The molecule has 0 bridgehead atoms. The van der Waals surface area contributed by atoms with Crippen molar-refractivity contribution in [1.29, 1.82) is 0 Å². The maximum absolute atomic E-state index is 12.7. The Labute approximate surface area is 135 Å². The van der Waals surface area contributed by atoms with Gasteiger partial charge in [-0.3, -0.25) is 0 Å². The SMILES string of the molecule is Fc1c(Cl)cc(C(F)(F)F)cc1Cl.[F-].[K+]. The van der Waals surface area contributed by atoms with Crippen molar-refractivity contribution in [3.05, 3.63) is 33.6 Å². The Hall–Kier alpha value is 1.09. The molecule has 0 saturated heterocycles. The molecule has 0 aliphatic carbocycles. The molecule has 1 aromatic rings. The molecule has 0 heterocycles. The Kier molecular flexibility index (Phi) is 8.28. The van der Waals surface area contributed by atoms with Gasteiger partial charge >= 0.3 is 57.6 Å². The molecule has 0 N–H and O–H groups in total. The summed E-state index contributed by atoms with van der Waals surface area (Å²) in [6.45, 7) is 0. The summed E-state index contributed by atoms with van der Waals surface area (Å²) < 4.78 is 48.8. The van der Waals surface area contributed by atoms with E-state index in [0.717, 1.165) is 0 Å². The van der Waals surface area contributed by atoms with E-state index in [9.17, 15) is 17.6 Å². The van der Waals surface area contributed by atoms with Gasteiger partial charge in [0.1, 0.15) is 0 Å². The summed E-state index contributed by atoms with van der Waals surface area (Å²) in [6, 6.07) is 0.978. The first-order chi connectivity index (χ1) is 5.82. The number of hydrogen-bond acceptors (Lipinski definition) is 0. The Morgan fingerprint density at radius 2 is 1.33 bits per heavy atom. The minimum absolute atomic E-state index is 0. The van der Waals surface area contributed by atoms with E-state index >= 15 is 0 Å². The molecule has 0 amide bonds. The first-order valence-electron chi connectivity index (χ1n) is 3.04. The van der Waals surface area contributed by atoms with E-state index in [4.69, 9.17) is 23.2 Å². The molecule has 0 aliphatic rings. The first kappa shape index (κ1) is 18.5. The van der Waals surface area contributed by atoms with Crippen LogP contribution >= 0.6 is 23.2 Å². The van der Waals surface area contributed by atoms with Gasteiger partial charge in [-0.05, 0) is 12.1 Å². The van der Waals surface area contributed by atoms with Gasteiger partial charge in [0.25, 0.3) is 0 Å². The molecule has 0 nitrogen and oxygen atoms in total. The van der Waals surface area contributed by atoms with Crippen molar-refractivity contribution in [1.82, 2.24) is 0 Å². The summed E-state index contributed by atoms with van der Waals surface area (Å²) in [5.41, 5.74) is -1.07. The van der Waals surface area contributed by atoms with Crippen LogP contribution in [0.25, 0.3) is 0 Å². The summed E-state index contributed by atoms with van der Waals surface area (Å²) in [6.07, 6.45) is -4.57. The molecule has 15 heavy (non-hydrogen) atoms. The third-order valence-corrected chi connectivity index (χ3v) is 1.86. The third kappa shape index (κ3) is 4.85. The molecule has 80 valence electrons. The predicted octanol–water partition coefficient (Wildman–Crippen LogP) is -1.84. The van der Waals surface area contributed by atoms with Crippen LogP contribution in [0.5, 0.6) is 0 Å². The van der Waals surface area contributed by atoms with Crippen LogP contribution in [-0.2, 0) is 6.18 Å². The predicted molar refractivity (Wildman–Crippen MR) is 41.4 cm³/mol. The monoisotopic (exact) mass is 290 g/mol. The second-order valence-electron chi connectivity index (χ2n) is 2.25. The molecule has 0 spiro atoms. The van der Waals surface area contributed by atoms with E-state index in [1.807, 2.05) is 0 Å². The van der Waals surface area contributed by atoms with Crippen molar-refractivity contribution in [2.45, 2.75) is 6.18 Å². The van der Waals surface area contributed by atoms with Crippen LogP contribution in [0.2, 0.25) is 10.0 Å². The Morgan fingerprint density at radius 1 is 1.00 bits per heavy atom.